The number of benzene rings is 3. The number of nitrogens with one attached hydrogen (secondary N) is 1. The van der Waals surface area contributed by atoms with E-state index >= 15 is 0 Å². The van der Waals surface area contributed by atoms with Gasteiger partial charge in [-0.2, -0.15) is 0 Å². The summed E-state index contributed by atoms with van der Waals surface area (Å²) in [5, 5.41) is 12.2. The van der Waals surface area contributed by atoms with Gasteiger partial charge >= 0.3 is 0 Å². The number of ether oxygens (including phenoxy) is 1. The summed E-state index contributed by atoms with van der Waals surface area (Å²) in [6, 6.07) is 26.6. The summed E-state index contributed by atoms with van der Waals surface area (Å²) >= 11 is 0. The lowest BCUT2D eigenvalue weighted by atomic mass is 10.1. The monoisotopic (exact) mass is 435 g/mol. The minimum absolute atomic E-state index is 0.193. The standard InChI is InChI=1S/C26H21N5O2/c32-26(21-11-12-25-20(14-21)8-5-13-27-25)28-22-9-4-10-24(15-22)33-18-23-17-31(30-29-23)16-19-6-2-1-3-7-19/h1-15,17H,16,18H2,(H,28,32). The van der Waals surface area contributed by atoms with Gasteiger partial charge in [-0.3, -0.25) is 9.78 Å². The maximum Gasteiger partial charge on any atom is 0.255 e. The Kier molecular flexibility index (Phi) is 5.75. The molecule has 1 N–H and O–H groups in total. The zero-order valence-electron chi connectivity index (χ0n) is 17.8. The van der Waals surface area contributed by atoms with Gasteiger partial charge in [0, 0.05) is 28.9 Å². The highest BCUT2D eigenvalue weighted by Crippen LogP contribution is 2.20. The molecule has 0 aliphatic carbocycles. The predicted octanol–water partition coefficient (Wildman–Crippen LogP) is 4.71. The Balaban J connectivity index is 1.21. The van der Waals surface area contributed by atoms with Gasteiger partial charge in [0.15, 0.2) is 0 Å². The number of pyridine rings is 1. The van der Waals surface area contributed by atoms with Crippen LogP contribution in [0.1, 0.15) is 21.6 Å². The van der Waals surface area contributed by atoms with Gasteiger partial charge < -0.3 is 10.1 Å². The third kappa shape index (κ3) is 5.04. The van der Waals surface area contributed by atoms with Crippen LogP contribution in [0.15, 0.2) is 97.3 Å². The molecular formula is C26H21N5O2. The molecule has 1 amide bonds. The first-order valence-corrected chi connectivity index (χ1v) is 10.5. The third-order valence-corrected chi connectivity index (χ3v) is 5.12. The number of fused-ring (bicyclic) bond motifs is 1. The van der Waals surface area contributed by atoms with E-state index in [1.165, 1.54) is 0 Å². The van der Waals surface area contributed by atoms with Crippen LogP contribution >= 0.6 is 0 Å². The zero-order chi connectivity index (χ0) is 22.5. The van der Waals surface area contributed by atoms with Crippen molar-refractivity contribution in [2.24, 2.45) is 0 Å². The van der Waals surface area contributed by atoms with E-state index in [9.17, 15) is 4.79 Å². The fraction of sp³-hybridized carbons (Fsp3) is 0.0769. The number of nitrogens with zero attached hydrogens (tertiary/aromatic N) is 4. The van der Waals surface area contributed by atoms with Gasteiger partial charge in [-0.15, -0.1) is 5.10 Å². The molecule has 2 heterocycles. The Morgan fingerprint density at radius 2 is 1.85 bits per heavy atom. The molecule has 0 atom stereocenters. The molecule has 0 fully saturated rings. The second-order valence-electron chi connectivity index (χ2n) is 7.57. The molecule has 5 aromatic rings. The van der Waals surface area contributed by atoms with Crippen molar-refractivity contribution in [3.8, 4) is 5.75 Å². The number of carbonyl (C=O) groups excluding carboxylic acids is 1. The molecular weight excluding hydrogens is 414 g/mol. The Morgan fingerprint density at radius 1 is 0.939 bits per heavy atom. The number of rotatable bonds is 7. The van der Waals surface area contributed by atoms with E-state index in [1.807, 2.05) is 79.0 Å². The van der Waals surface area contributed by atoms with Gasteiger partial charge in [-0.1, -0.05) is 47.7 Å². The van der Waals surface area contributed by atoms with Crippen molar-refractivity contribution >= 4 is 22.5 Å². The van der Waals surface area contributed by atoms with Crippen LogP contribution in [0.5, 0.6) is 5.75 Å². The van der Waals surface area contributed by atoms with Gasteiger partial charge in [0.1, 0.15) is 18.1 Å². The maximum absolute atomic E-state index is 12.7. The fourth-order valence-corrected chi connectivity index (χ4v) is 3.49. The minimum Gasteiger partial charge on any atom is -0.487 e. The summed E-state index contributed by atoms with van der Waals surface area (Å²) in [5.41, 5.74) is 3.95. The number of anilines is 1. The van der Waals surface area contributed by atoms with E-state index in [0.717, 1.165) is 22.2 Å². The van der Waals surface area contributed by atoms with Crippen LogP contribution < -0.4 is 10.1 Å². The molecule has 5 rings (SSSR count). The molecule has 7 heteroatoms. The Hall–Kier alpha value is -4.52. The average molecular weight is 435 g/mol. The second kappa shape index (κ2) is 9.32. The largest absolute Gasteiger partial charge is 0.487 e. The van der Waals surface area contributed by atoms with Crippen molar-refractivity contribution in [1.82, 2.24) is 20.0 Å². The lowest BCUT2D eigenvalue weighted by molar-refractivity contribution is 0.102. The van der Waals surface area contributed by atoms with Gasteiger partial charge in [0.2, 0.25) is 0 Å². The molecule has 0 aliphatic rings. The Morgan fingerprint density at radius 3 is 2.76 bits per heavy atom. The number of hydrogen-bond acceptors (Lipinski definition) is 5. The van der Waals surface area contributed by atoms with Crippen molar-refractivity contribution in [3.63, 3.8) is 0 Å². The molecule has 0 spiro atoms. The first-order valence-electron chi connectivity index (χ1n) is 10.5. The van der Waals surface area contributed by atoms with Crippen LogP contribution in [0.2, 0.25) is 0 Å². The van der Waals surface area contributed by atoms with Crippen LogP contribution in [-0.2, 0) is 13.2 Å². The molecule has 0 radical (unpaired) electrons. The van der Waals surface area contributed by atoms with Gasteiger partial charge in [-0.25, -0.2) is 4.68 Å². The number of hydrogen-bond donors (Lipinski definition) is 1. The van der Waals surface area contributed by atoms with Crippen LogP contribution in [-0.4, -0.2) is 25.9 Å². The van der Waals surface area contributed by atoms with E-state index in [2.05, 4.69) is 20.6 Å². The molecule has 2 aromatic heterocycles. The third-order valence-electron chi connectivity index (χ3n) is 5.12. The lowest BCUT2D eigenvalue weighted by Crippen LogP contribution is -2.11. The summed E-state index contributed by atoms with van der Waals surface area (Å²) in [6.07, 6.45) is 3.60. The number of amides is 1. The highest BCUT2D eigenvalue weighted by molar-refractivity contribution is 6.06. The van der Waals surface area contributed by atoms with E-state index in [4.69, 9.17) is 4.74 Å². The molecule has 0 saturated carbocycles. The second-order valence-corrected chi connectivity index (χ2v) is 7.57. The minimum atomic E-state index is -0.193. The first kappa shape index (κ1) is 20.4. The highest BCUT2D eigenvalue weighted by atomic mass is 16.5. The van der Waals surface area contributed by atoms with Crippen LogP contribution in [0, 0.1) is 0 Å². The zero-order valence-corrected chi connectivity index (χ0v) is 17.8. The van der Waals surface area contributed by atoms with E-state index in [-0.39, 0.29) is 12.5 Å². The van der Waals surface area contributed by atoms with Crippen LogP contribution in [0.25, 0.3) is 10.9 Å². The van der Waals surface area contributed by atoms with E-state index < -0.39 is 0 Å². The summed E-state index contributed by atoms with van der Waals surface area (Å²) in [6.45, 7) is 0.935. The molecule has 3 aromatic carbocycles. The normalized spacial score (nSPS) is 10.8. The van der Waals surface area contributed by atoms with Crippen molar-refractivity contribution in [2.75, 3.05) is 5.32 Å². The van der Waals surface area contributed by atoms with Gasteiger partial charge in [-0.05, 0) is 42.0 Å². The molecule has 7 nitrogen and oxygen atoms in total. The molecule has 33 heavy (non-hydrogen) atoms. The predicted molar refractivity (Wildman–Crippen MR) is 126 cm³/mol. The number of aromatic nitrogens is 4. The maximum atomic E-state index is 12.7. The quantitative estimate of drug-likeness (QED) is 0.401. The molecule has 162 valence electrons. The summed E-state index contributed by atoms with van der Waals surface area (Å²) in [4.78, 5) is 17.0. The molecule has 0 aliphatic heterocycles. The SMILES string of the molecule is O=C(Nc1cccc(OCc2cn(Cc3ccccc3)nn2)c1)c1ccc2ncccc2c1. The van der Waals surface area contributed by atoms with Gasteiger partial charge in [0.25, 0.3) is 5.91 Å². The Bertz CT molecular complexity index is 1400. The summed E-state index contributed by atoms with van der Waals surface area (Å²) < 4.78 is 7.65. The molecule has 0 unspecified atom stereocenters. The molecule has 0 bridgehead atoms. The molecule has 0 saturated heterocycles. The van der Waals surface area contributed by atoms with Crippen molar-refractivity contribution in [2.45, 2.75) is 13.2 Å². The van der Waals surface area contributed by atoms with Crippen molar-refractivity contribution < 1.29 is 9.53 Å². The lowest BCUT2D eigenvalue weighted by Gasteiger charge is -2.09. The van der Waals surface area contributed by atoms with Crippen molar-refractivity contribution in [1.29, 1.82) is 0 Å². The number of carbonyl (C=O) groups is 1. The van der Waals surface area contributed by atoms with Gasteiger partial charge in [0.05, 0.1) is 18.3 Å². The average Bonchev–Trinajstić information content (AvgIpc) is 3.30. The van der Waals surface area contributed by atoms with Crippen LogP contribution in [0.3, 0.4) is 0 Å². The summed E-state index contributed by atoms with van der Waals surface area (Å²) in [5.74, 6) is 0.440. The van der Waals surface area contributed by atoms with E-state index in [0.29, 0.717) is 23.5 Å². The van der Waals surface area contributed by atoms with Crippen molar-refractivity contribution in [3.05, 3.63) is 114 Å². The smallest absolute Gasteiger partial charge is 0.255 e. The first-order chi connectivity index (χ1) is 16.2. The van der Waals surface area contributed by atoms with Crippen LogP contribution in [0.4, 0.5) is 5.69 Å². The fourth-order valence-electron chi connectivity index (χ4n) is 3.49. The van der Waals surface area contributed by atoms with E-state index in [1.54, 1.807) is 23.0 Å². The topological polar surface area (TPSA) is 81.9 Å². The summed E-state index contributed by atoms with van der Waals surface area (Å²) in [7, 11) is 0. The highest BCUT2D eigenvalue weighted by Gasteiger charge is 2.09. The Labute approximate surface area is 190 Å².